The van der Waals surface area contributed by atoms with E-state index in [9.17, 15) is 9.59 Å². The molecule has 0 N–H and O–H groups in total. The molecule has 2 fully saturated rings. The first-order valence-electron chi connectivity index (χ1n) is 9.85. The predicted octanol–water partition coefficient (Wildman–Crippen LogP) is 4.12. The van der Waals surface area contributed by atoms with E-state index in [0.29, 0.717) is 11.6 Å². The number of carbonyl (C=O) groups is 2. The van der Waals surface area contributed by atoms with Crippen molar-refractivity contribution in [2.45, 2.75) is 13.8 Å². The van der Waals surface area contributed by atoms with Crippen molar-refractivity contribution >= 4 is 34.7 Å². The Morgan fingerprint density at radius 3 is 2.34 bits per heavy atom. The molecule has 0 radical (unpaired) electrons. The number of amides is 2. The van der Waals surface area contributed by atoms with Crippen molar-refractivity contribution in [3.8, 4) is 0 Å². The van der Waals surface area contributed by atoms with Crippen molar-refractivity contribution in [3.05, 3.63) is 70.1 Å². The quantitative estimate of drug-likeness (QED) is 0.714. The molecule has 0 aromatic heterocycles. The predicted molar refractivity (Wildman–Crippen MR) is 119 cm³/mol. The first kappa shape index (κ1) is 19.7. The molecule has 2 aromatic rings. The lowest BCUT2D eigenvalue weighted by Crippen LogP contribution is -2.50. The van der Waals surface area contributed by atoms with Gasteiger partial charge in [-0.25, -0.2) is 0 Å². The van der Waals surface area contributed by atoms with Gasteiger partial charge in [0.15, 0.2) is 0 Å². The molecule has 2 aromatic carbocycles. The Labute approximate surface area is 176 Å². The first-order chi connectivity index (χ1) is 14.0. The Balaban J connectivity index is 1.37. The van der Waals surface area contributed by atoms with E-state index in [1.54, 1.807) is 6.08 Å². The van der Waals surface area contributed by atoms with Gasteiger partial charge in [0.25, 0.3) is 11.1 Å². The highest BCUT2D eigenvalue weighted by Crippen LogP contribution is 2.32. The van der Waals surface area contributed by atoms with E-state index in [1.807, 2.05) is 31.2 Å². The molecule has 29 heavy (non-hydrogen) atoms. The molecule has 5 nitrogen and oxygen atoms in total. The zero-order valence-electron chi connectivity index (χ0n) is 16.8. The highest BCUT2D eigenvalue weighted by Gasteiger charge is 2.36. The number of aryl methyl sites for hydroxylation is 2. The number of nitrogens with zero attached hydrogens (tertiary/aromatic N) is 3. The molecular formula is C23H25N3O2S. The number of anilines is 1. The summed E-state index contributed by atoms with van der Waals surface area (Å²) in [4.78, 5) is 31.6. The topological polar surface area (TPSA) is 43.9 Å². The van der Waals surface area contributed by atoms with Gasteiger partial charge in [0.1, 0.15) is 0 Å². The third-order valence-electron chi connectivity index (χ3n) is 5.33. The van der Waals surface area contributed by atoms with E-state index in [2.05, 4.69) is 41.0 Å². The van der Waals surface area contributed by atoms with Gasteiger partial charge in [0.05, 0.1) is 11.6 Å². The third-order valence-corrected chi connectivity index (χ3v) is 6.24. The smallest absolute Gasteiger partial charge is 0.294 e. The Kier molecular flexibility index (Phi) is 5.74. The first-order valence-corrected chi connectivity index (χ1v) is 10.7. The Bertz CT molecular complexity index is 947. The van der Waals surface area contributed by atoms with Gasteiger partial charge in [-0.15, -0.1) is 0 Å². The van der Waals surface area contributed by atoms with Crippen LogP contribution in [0.3, 0.4) is 0 Å². The molecule has 2 amide bonds. The lowest BCUT2D eigenvalue weighted by atomic mass is 10.1. The van der Waals surface area contributed by atoms with Crippen LogP contribution in [0.2, 0.25) is 0 Å². The van der Waals surface area contributed by atoms with Gasteiger partial charge in [-0.2, -0.15) is 0 Å². The van der Waals surface area contributed by atoms with E-state index in [0.717, 1.165) is 43.5 Å². The van der Waals surface area contributed by atoms with Gasteiger partial charge >= 0.3 is 0 Å². The lowest BCUT2D eigenvalue weighted by Gasteiger charge is -2.37. The minimum absolute atomic E-state index is 0.186. The van der Waals surface area contributed by atoms with Crippen molar-refractivity contribution in [1.29, 1.82) is 0 Å². The number of thioether (sulfide) groups is 1. The van der Waals surface area contributed by atoms with Crippen LogP contribution in [0, 0.1) is 13.8 Å². The van der Waals surface area contributed by atoms with E-state index >= 15 is 0 Å². The minimum atomic E-state index is -0.193. The number of imide groups is 1. The summed E-state index contributed by atoms with van der Waals surface area (Å²) in [6.45, 7) is 7.91. The molecule has 2 heterocycles. The van der Waals surface area contributed by atoms with Crippen molar-refractivity contribution in [2.75, 3.05) is 37.7 Å². The monoisotopic (exact) mass is 407 g/mol. The maximum absolute atomic E-state index is 12.8. The minimum Gasteiger partial charge on any atom is -0.369 e. The molecule has 150 valence electrons. The van der Waals surface area contributed by atoms with Crippen LogP contribution >= 0.6 is 11.8 Å². The number of rotatable bonds is 4. The molecule has 0 atom stereocenters. The average Bonchev–Trinajstić information content (AvgIpc) is 2.98. The maximum atomic E-state index is 12.8. The van der Waals surface area contributed by atoms with Crippen LogP contribution in [0.5, 0.6) is 0 Å². The van der Waals surface area contributed by atoms with Crippen LogP contribution in [0.25, 0.3) is 6.08 Å². The Morgan fingerprint density at radius 2 is 1.66 bits per heavy atom. The molecule has 0 saturated carbocycles. The summed E-state index contributed by atoms with van der Waals surface area (Å²) in [7, 11) is 0. The fraction of sp³-hybridized carbons (Fsp3) is 0.304. The van der Waals surface area contributed by atoms with Crippen molar-refractivity contribution in [3.63, 3.8) is 0 Å². The van der Waals surface area contributed by atoms with Crippen molar-refractivity contribution in [1.82, 2.24) is 9.80 Å². The molecule has 6 heteroatoms. The van der Waals surface area contributed by atoms with Crippen LogP contribution in [-0.4, -0.2) is 53.8 Å². The maximum Gasteiger partial charge on any atom is 0.294 e. The molecule has 0 unspecified atom stereocenters. The zero-order chi connectivity index (χ0) is 20.4. The number of carbonyl (C=O) groups excluding carboxylic acids is 2. The average molecular weight is 408 g/mol. The van der Waals surface area contributed by atoms with Gasteiger partial charge in [-0.3, -0.25) is 19.4 Å². The lowest BCUT2D eigenvalue weighted by molar-refractivity contribution is -0.124. The molecule has 2 saturated heterocycles. The second kappa shape index (κ2) is 8.43. The molecule has 4 rings (SSSR count). The number of hydrogen-bond donors (Lipinski definition) is 0. The van der Waals surface area contributed by atoms with Crippen LogP contribution in [0.15, 0.2) is 53.4 Å². The van der Waals surface area contributed by atoms with Crippen molar-refractivity contribution < 1.29 is 9.59 Å². The van der Waals surface area contributed by atoms with Crippen LogP contribution in [0.1, 0.15) is 16.7 Å². The number of benzene rings is 2. The summed E-state index contributed by atoms with van der Waals surface area (Å²) >= 11 is 1.03. The van der Waals surface area contributed by atoms with E-state index < -0.39 is 0 Å². The fourth-order valence-electron chi connectivity index (χ4n) is 3.61. The normalized spacial score (nSPS) is 19.4. The van der Waals surface area contributed by atoms with Gasteiger partial charge in [0, 0.05) is 31.9 Å². The standard InChI is InChI=1S/C23H25N3O2S/c1-17-6-8-19(9-7-17)15-21-22(27)26(23(28)29-21)16-24-10-12-25(13-11-24)20-5-3-4-18(2)14-20/h3-9,14-15H,10-13,16H2,1-2H3/b21-15+. The summed E-state index contributed by atoms with van der Waals surface area (Å²) in [5.74, 6) is -0.193. The SMILES string of the molecule is Cc1ccc(/C=C2/SC(=O)N(CN3CCN(c4cccc(C)c4)CC3)C2=O)cc1. The molecular weight excluding hydrogens is 382 g/mol. The molecule has 0 bridgehead atoms. The van der Waals surface area contributed by atoms with E-state index in [-0.39, 0.29) is 11.1 Å². The third kappa shape index (κ3) is 4.54. The molecule has 2 aliphatic heterocycles. The highest BCUT2D eigenvalue weighted by molar-refractivity contribution is 8.18. The summed E-state index contributed by atoms with van der Waals surface area (Å²) < 4.78 is 0. The second-order valence-corrected chi connectivity index (χ2v) is 8.60. The second-order valence-electron chi connectivity index (χ2n) is 7.61. The van der Waals surface area contributed by atoms with E-state index in [4.69, 9.17) is 0 Å². The fourth-order valence-corrected chi connectivity index (χ4v) is 4.44. The summed E-state index contributed by atoms with van der Waals surface area (Å²) in [6.07, 6.45) is 1.81. The largest absolute Gasteiger partial charge is 0.369 e. The van der Waals surface area contributed by atoms with Crippen LogP contribution in [0.4, 0.5) is 10.5 Å². The Hall–Kier alpha value is -2.57. The van der Waals surface area contributed by atoms with Crippen LogP contribution in [-0.2, 0) is 4.79 Å². The van der Waals surface area contributed by atoms with Gasteiger partial charge < -0.3 is 4.90 Å². The Morgan fingerprint density at radius 1 is 0.931 bits per heavy atom. The van der Waals surface area contributed by atoms with Gasteiger partial charge in [0.2, 0.25) is 0 Å². The van der Waals surface area contributed by atoms with Gasteiger partial charge in [-0.1, -0.05) is 42.0 Å². The number of hydrogen-bond acceptors (Lipinski definition) is 5. The summed E-state index contributed by atoms with van der Waals surface area (Å²) in [6, 6.07) is 16.5. The molecule has 2 aliphatic rings. The molecule has 0 spiro atoms. The summed E-state index contributed by atoms with van der Waals surface area (Å²) in [5.41, 5.74) is 4.59. The molecule has 0 aliphatic carbocycles. The number of piperazine rings is 1. The summed E-state index contributed by atoms with van der Waals surface area (Å²) in [5, 5.41) is -0.186. The van der Waals surface area contributed by atoms with Crippen molar-refractivity contribution in [2.24, 2.45) is 0 Å². The van der Waals surface area contributed by atoms with E-state index in [1.165, 1.54) is 21.7 Å². The zero-order valence-corrected chi connectivity index (χ0v) is 17.6. The van der Waals surface area contributed by atoms with Crippen LogP contribution < -0.4 is 4.90 Å². The highest BCUT2D eigenvalue weighted by atomic mass is 32.2. The van der Waals surface area contributed by atoms with Gasteiger partial charge in [-0.05, 0) is 54.9 Å².